The van der Waals surface area contributed by atoms with Crippen molar-refractivity contribution < 1.29 is 4.79 Å². The fourth-order valence-corrected chi connectivity index (χ4v) is 2.04. The van der Waals surface area contributed by atoms with Crippen LogP contribution >= 0.6 is 23.2 Å². The van der Waals surface area contributed by atoms with Gasteiger partial charge in [-0.05, 0) is 24.1 Å². The monoisotopic (exact) mass is 278 g/mol. The van der Waals surface area contributed by atoms with Gasteiger partial charge in [0, 0.05) is 12.0 Å². The van der Waals surface area contributed by atoms with Crippen LogP contribution in [0.5, 0.6) is 0 Å². The second-order valence-corrected chi connectivity index (χ2v) is 4.85. The fourth-order valence-electron chi connectivity index (χ4n) is 1.72. The number of hydrogen-bond acceptors (Lipinski definition) is 1. The Bertz CT molecular complexity index is 550. The summed E-state index contributed by atoms with van der Waals surface area (Å²) >= 11 is 11.8. The van der Waals surface area contributed by atoms with Crippen molar-refractivity contribution in [3.63, 3.8) is 0 Å². The minimum Gasteiger partial charge on any atom is -0.294 e. The van der Waals surface area contributed by atoms with E-state index in [1.807, 2.05) is 42.5 Å². The van der Waals surface area contributed by atoms with E-state index in [4.69, 9.17) is 23.2 Å². The lowest BCUT2D eigenvalue weighted by atomic mass is 10.0. The zero-order valence-corrected chi connectivity index (χ0v) is 11.2. The maximum atomic E-state index is 11.9. The van der Waals surface area contributed by atoms with E-state index in [1.54, 1.807) is 6.07 Å². The van der Waals surface area contributed by atoms with Gasteiger partial charge in [-0.3, -0.25) is 4.79 Å². The predicted molar refractivity (Wildman–Crippen MR) is 75.6 cm³/mol. The Balaban J connectivity index is 1.99. The highest BCUT2D eigenvalue weighted by Gasteiger charge is 2.06. The predicted octanol–water partition coefficient (Wildman–Crippen LogP) is 4.81. The van der Waals surface area contributed by atoms with E-state index >= 15 is 0 Å². The number of carbonyl (C=O) groups excluding carboxylic acids is 1. The van der Waals surface area contributed by atoms with E-state index in [0.717, 1.165) is 11.1 Å². The summed E-state index contributed by atoms with van der Waals surface area (Å²) in [5.74, 6) is 0.140. The van der Waals surface area contributed by atoms with Crippen LogP contribution in [0.2, 0.25) is 10.0 Å². The number of halogens is 2. The van der Waals surface area contributed by atoms with Gasteiger partial charge >= 0.3 is 0 Å². The van der Waals surface area contributed by atoms with Gasteiger partial charge < -0.3 is 0 Å². The molecule has 0 radical (unpaired) electrons. The van der Waals surface area contributed by atoms with Crippen LogP contribution in [0.15, 0.2) is 48.5 Å². The van der Waals surface area contributed by atoms with Gasteiger partial charge in [-0.15, -0.1) is 0 Å². The smallest absolute Gasteiger partial charge is 0.163 e. The highest BCUT2D eigenvalue weighted by atomic mass is 35.5. The molecule has 0 atom stereocenters. The average Bonchev–Trinajstić information content (AvgIpc) is 2.41. The summed E-state index contributed by atoms with van der Waals surface area (Å²) < 4.78 is 0. The van der Waals surface area contributed by atoms with Gasteiger partial charge in [0.15, 0.2) is 5.78 Å². The number of Topliss-reactive ketones (excluding diaryl/α,β-unsaturated/α-hetero) is 1. The van der Waals surface area contributed by atoms with Crippen molar-refractivity contribution in [3.8, 4) is 0 Å². The van der Waals surface area contributed by atoms with E-state index in [2.05, 4.69) is 0 Å². The second kappa shape index (κ2) is 6.03. The molecule has 0 aliphatic rings. The standard InChI is InChI=1S/C15H12Cl2O/c16-13-8-6-11(10-14(13)17)7-9-15(18)12-4-2-1-3-5-12/h1-6,8,10H,7,9H2. The second-order valence-electron chi connectivity index (χ2n) is 4.04. The van der Waals surface area contributed by atoms with E-state index in [1.165, 1.54) is 0 Å². The number of benzene rings is 2. The molecule has 0 aliphatic carbocycles. The Labute approximate surface area is 116 Å². The molecule has 2 rings (SSSR count). The molecule has 0 heterocycles. The molecule has 92 valence electrons. The molecule has 0 saturated heterocycles. The lowest BCUT2D eigenvalue weighted by Crippen LogP contribution is -2.00. The van der Waals surface area contributed by atoms with Crippen molar-refractivity contribution >= 4 is 29.0 Å². The molecular weight excluding hydrogens is 267 g/mol. The van der Waals surface area contributed by atoms with Gasteiger partial charge in [-0.2, -0.15) is 0 Å². The summed E-state index contributed by atoms with van der Waals surface area (Å²) in [6, 6.07) is 14.8. The first kappa shape index (κ1) is 13.1. The quantitative estimate of drug-likeness (QED) is 0.734. The summed E-state index contributed by atoms with van der Waals surface area (Å²) in [4.78, 5) is 11.9. The summed E-state index contributed by atoms with van der Waals surface area (Å²) in [5, 5.41) is 1.07. The lowest BCUT2D eigenvalue weighted by Gasteiger charge is -2.03. The summed E-state index contributed by atoms with van der Waals surface area (Å²) in [5.41, 5.74) is 1.77. The molecule has 0 N–H and O–H groups in total. The van der Waals surface area contributed by atoms with Gasteiger partial charge in [0.1, 0.15) is 0 Å². The van der Waals surface area contributed by atoms with Crippen LogP contribution in [0.4, 0.5) is 0 Å². The SMILES string of the molecule is O=C(CCc1ccc(Cl)c(Cl)c1)c1ccccc1. The molecule has 1 nitrogen and oxygen atoms in total. The van der Waals surface area contributed by atoms with Gasteiger partial charge in [0.2, 0.25) is 0 Å². The Morgan fingerprint density at radius 1 is 0.944 bits per heavy atom. The van der Waals surface area contributed by atoms with Gasteiger partial charge in [0.25, 0.3) is 0 Å². The maximum Gasteiger partial charge on any atom is 0.163 e. The van der Waals surface area contributed by atoms with Gasteiger partial charge in [-0.1, -0.05) is 59.6 Å². The average molecular weight is 279 g/mol. The fraction of sp³-hybridized carbons (Fsp3) is 0.133. The van der Waals surface area contributed by atoms with E-state index < -0.39 is 0 Å². The van der Waals surface area contributed by atoms with E-state index in [-0.39, 0.29) is 5.78 Å². The van der Waals surface area contributed by atoms with Crippen LogP contribution < -0.4 is 0 Å². The molecule has 0 fully saturated rings. The molecule has 0 saturated carbocycles. The molecule has 0 unspecified atom stereocenters. The normalized spacial score (nSPS) is 10.3. The van der Waals surface area contributed by atoms with Crippen molar-refractivity contribution in [2.75, 3.05) is 0 Å². The summed E-state index contributed by atoms with van der Waals surface area (Å²) in [6.07, 6.45) is 1.15. The van der Waals surface area contributed by atoms with Crippen molar-refractivity contribution in [2.45, 2.75) is 12.8 Å². The third kappa shape index (κ3) is 3.34. The first-order valence-electron chi connectivity index (χ1n) is 5.69. The molecule has 3 heteroatoms. The molecule has 0 spiro atoms. The zero-order valence-electron chi connectivity index (χ0n) is 9.70. The Morgan fingerprint density at radius 3 is 2.33 bits per heavy atom. The molecule has 0 bridgehead atoms. The largest absolute Gasteiger partial charge is 0.294 e. The van der Waals surface area contributed by atoms with Gasteiger partial charge in [0.05, 0.1) is 10.0 Å². The third-order valence-corrected chi connectivity index (χ3v) is 3.46. The topological polar surface area (TPSA) is 17.1 Å². The van der Waals surface area contributed by atoms with Crippen LogP contribution in [0.25, 0.3) is 0 Å². The van der Waals surface area contributed by atoms with Crippen molar-refractivity contribution in [1.29, 1.82) is 0 Å². The number of rotatable bonds is 4. The van der Waals surface area contributed by atoms with Crippen molar-refractivity contribution in [3.05, 3.63) is 69.7 Å². The summed E-state index contributed by atoms with van der Waals surface area (Å²) in [6.45, 7) is 0. The Kier molecular flexibility index (Phi) is 4.40. The molecule has 2 aromatic rings. The summed E-state index contributed by atoms with van der Waals surface area (Å²) in [7, 11) is 0. The maximum absolute atomic E-state index is 11.9. The third-order valence-electron chi connectivity index (χ3n) is 2.72. The van der Waals surface area contributed by atoms with E-state index in [0.29, 0.717) is 22.9 Å². The van der Waals surface area contributed by atoms with Gasteiger partial charge in [-0.25, -0.2) is 0 Å². The van der Waals surface area contributed by atoms with Crippen molar-refractivity contribution in [1.82, 2.24) is 0 Å². The Morgan fingerprint density at radius 2 is 1.67 bits per heavy atom. The molecule has 18 heavy (non-hydrogen) atoms. The van der Waals surface area contributed by atoms with E-state index in [9.17, 15) is 4.79 Å². The highest BCUT2D eigenvalue weighted by molar-refractivity contribution is 6.42. The number of carbonyl (C=O) groups is 1. The number of hydrogen-bond donors (Lipinski definition) is 0. The molecule has 0 aromatic heterocycles. The molecular formula is C15H12Cl2O. The van der Waals surface area contributed by atoms with Crippen molar-refractivity contribution in [2.24, 2.45) is 0 Å². The highest BCUT2D eigenvalue weighted by Crippen LogP contribution is 2.23. The number of aryl methyl sites for hydroxylation is 1. The minimum absolute atomic E-state index is 0.140. The minimum atomic E-state index is 0.140. The zero-order chi connectivity index (χ0) is 13.0. The van der Waals surface area contributed by atoms with Crippen LogP contribution in [0.3, 0.4) is 0 Å². The molecule has 0 amide bonds. The lowest BCUT2D eigenvalue weighted by molar-refractivity contribution is 0.0983. The molecule has 0 aliphatic heterocycles. The van der Waals surface area contributed by atoms with Crippen LogP contribution in [-0.4, -0.2) is 5.78 Å². The van der Waals surface area contributed by atoms with Crippen LogP contribution in [-0.2, 0) is 6.42 Å². The first-order chi connectivity index (χ1) is 8.66. The Hall–Kier alpha value is -1.31. The van der Waals surface area contributed by atoms with Crippen LogP contribution in [0, 0.1) is 0 Å². The first-order valence-corrected chi connectivity index (χ1v) is 6.44. The number of ketones is 1. The molecule has 2 aromatic carbocycles. The van der Waals surface area contributed by atoms with Crippen LogP contribution in [0.1, 0.15) is 22.3 Å².